The molecule has 0 aliphatic heterocycles. The van der Waals surface area contributed by atoms with Gasteiger partial charge in [0.25, 0.3) is 0 Å². The van der Waals surface area contributed by atoms with Crippen molar-refractivity contribution < 1.29 is 19.8 Å². The first-order chi connectivity index (χ1) is 8.00. The molecule has 0 fully saturated rings. The summed E-state index contributed by atoms with van der Waals surface area (Å²) in [5, 5.41) is 20.4. The average molecular weight is 255 g/mol. The van der Waals surface area contributed by atoms with E-state index in [2.05, 4.69) is 5.32 Å². The van der Waals surface area contributed by atoms with Gasteiger partial charge in [0.15, 0.2) is 0 Å². The molecule has 0 radical (unpaired) electrons. The normalized spacial score (nSPS) is 11.8. The second kappa shape index (κ2) is 6.15. The molecule has 1 rings (SSSR count). The predicted octanol–water partition coefficient (Wildman–Crippen LogP) is 1.07. The molecule has 0 aliphatic rings. The number of thioether (sulfide) groups is 1. The van der Waals surface area contributed by atoms with Gasteiger partial charge < -0.3 is 15.5 Å². The number of amides is 1. The van der Waals surface area contributed by atoms with Crippen LogP contribution in [-0.2, 0) is 9.59 Å². The Kier molecular flexibility index (Phi) is 4.84. The third-order valence-corrected chi connectivity index (χ3v) is 3.03. The lowest BCUT2D eigenvalue weighted by atomic mass is 10.3. The molecule has 0 aromatic heterocycles. The first-order valence-corrected chi connectivity index (χ1v) is 5.92. The molecule has 1 aromatic carbocycles. The molecule has 1 amide bonds. The van der Waals surface area contributed by atoms with Crippen LogP contribution in [0.2, 0.25) is 0 Å². The molecule has 92 valence electrons. The van der Waals surface area contributed by atoms with Crippen molar-refractivity contribution >= 4 is 23.6 Å². The van der Waals surface area contributed by atoms with Crippen LogP contribution in [0.1, 0.15) is 6.92 Å². The Morgan fingerprint density at radius 3 is 2.65 bits per heavy atom. The van der Waals surface area contributed by atoms with E-state index in [1.165, 1.54) is 13.0 Å². The predicted molar refractivity (Wildman–Crippen MR) is 64.1 cm³/mol. The van der Waals surface area contributed by atoms with Gasteiger partial charge in [0.05, 0.1) is 5.75 Å². The molecule has 0 spiro atoms. The standard InChI is InChI=1S/C11H13NO4S/c1-7(11(15)16)12-10(14)6-17-9-5-3-2-4-8(9)13/h2-5,7,13H,6H2,1H3,(H,12,14)(H,15,16). The summed E-state index contributed by atoms with van der Waals surface area (Å²) in [6, 6.07) is 5.74. The zero-order valence-electron chi connectivity index (χ0n) is 9.21. The Balaban J connectivity index is 2.44. The number of carboxylic acid groups (broad SMARTS) is 1. The van der Waals surface area contributed by atoms with Gasteiger partial charge in [-0.1, -0.05) is 12.1 Å². The summed E-state index contributed by atoms with van der Waals surface area (Å²) >= 11 is 1.15. The summed E-state index contributed by atoms with van der Waals surface area (Å²) in [4.78, 5) is 22.5. The van der Waals surface area contributed by atoms with Crippen LogP contribution in [0.15, 0.2) is 29.2 Å². The van der Waals surface area contributed by atoms with E-state index in [-0.39, 0.29) is 17.4 Å². The molecule has 5 nitrogen and oxygen atoms in total. The molecule has 0 aliphatic carbocycles. The van der Waals surface area contributed by atoms with Crippen molar-refractivity contribution in [2.24, 2.45) is 0 Å². The number of aliphatic carboxylic acids is 1. The van der Waals surface area contributed by atoms with Crippen LogP contribution in [0.4, 0.5) is 0 Å². The molecule has 6 heteroatoms. The van der Waals surface area contributed by atoms with Gasteiger partial charge in [-0.15, -0.1) is 11.8 Å². The number of carbonyl (C=O) groups excluding carboxylic acids is 1. The number of para-hydroxylation sites is 1. The van der Waals surface area contributed by atoms with Gasteiger partial charge in [0.2, 0.25) is 5.91 Å². The Morgan fingerprint density at radius 1 is 1.41 bits per heavy atom. The molecular weight excluding hydrogens is 242 g/mol. The highest BCUT2D eigenvalue weighted by Gasteiger charge is 2.14. The van der Waals surface area contributed by atoms with Crippen molar-refractivity contribution in [2.75, 3.05) is 5.75 Å². The maximum absolute atomic E-state index is 11.4. The van der Waals surface area contributed by atoms with Crippen LogP contribution in [0.3, 0.4) is 0 Å². The molecule has 0 saturated heterocycles. The summed E-state index contributed by atoms with van der Waals surface area (Å²) < 4.78 is 0. The number of hydrogen-bond donors (Lipinski definition) is 3. The smallest absolute Gasteiger partial charge is 0.325 e. The highest BCUT2D eigenvalue weighted by molar-refractivity contribution is 8.00. The summed E-state index contributed by atoms with van der Waals surface area (Å²) in [6.07, 6.45) is 0. The van der Waals surface area contributed by atoms with E-state index in [1.54, 1.807) is 18.2 Å². The van der Waals surface area contributed by atoms with E-state index in [0.29, 0.717) is 4.90 Å². The number of aromatic hydroxyl groups is 1. The van der Waals surface area contributed by atoms with Crippen LogP contribution < -0.4 is 5.32 Å². The largest absolute Gasteiger partial charge is 0.507 e. The summed E-state index contributed by atoms with van der Waals surface area (Å²) in [6.45, 7) is 1.39. The first kappa shape index (κ1) is 13.4. The minimum Gasteiger partial charge on any atom is -0.507 e. The number of rotatable bonds is 5. The number of carboxylic acids is 1. The van der Waals surface area contributed by atoms with Crippen LogP contribution in [0.25, 0.3) is 0 Å². The lowest BCUT2D eigenvalue weighted by molar-refractivity contribution is -0.140. The lowest BCUT2D eigenvalue weighted by Gasteiger charge is -2.09. The molecular formula is C11H13NO4S. The molecule has 1 aromatic rings. The molecule has 0 heterocycles. The van der Waals surface area contributed by atoms with E-state index < -0.39 is 12.0 Å². The van der Waals surface area contributed by atoms with E-state index in [9.17, 15) is 14.7 Å². The minimum atomic E-state index is -1.08. The zero-order valence-corrected chi connectivity index (χ0v) is 10.0. The molecule has 3 N–H and O–H groups in total. The quantitative estimate of drug-likeness (QED) is 0.685. The van der Waals surface area contributed by atoms with Gasteiger partial charge in [0, 0.05) is 4.90 Å². The summed E-state index contributed by atoms with van der Waals surface area (Å²) in [5.41, 5.74) is 0. The number of phenols is 1. The minimum absolute atomic E-state index is 0.0647. The molecule has 17 heavy (non-hydrogen) atoms. The Labute approximate surface area is 103 Å². The topological polar surface area (TPSA) is 86.6 Å². The molecule has 1 unspecified atom stereocenters. The SMILES string of the molecule is CC(NC(=O)CSc1ccccc1O)C(=O)O. The Bertz CT molecular complexity index is 422. The third kappa shape index (κ3) is 4.36. The number of phenolic OH excluding ortho intramolecular Hbond substituents is 1. The fraction of sp³-hybridized carbons (Fsp3) is 0.273. The van der Waals surface area contributed by atoms with Crippen LogP contribution >= 0.6 is 11.8 Å². The van der Waals surface area contributed by atoms with Gasteiger partial charge in [0.1, 0.15) is 11.8 Å². The maximum atomic E-state index is 11.4. The van der Waals surface area contributed by atoms with Gasteiger partial charge in [-0.2, -0.15) is 0 Å². The van der Waals surface area contributed by atoms with E-state index in [4.69, 9.17) is 5.11 Å². The average Bonchev–Trinajstić information content (AvgIpc) is 2.27. The maximum Gasteiger partial charge on any atom is 0.325 e. The third-order valence-electron chi connectivity index (χ3n) is 1.97. The highest BCUT2D eigenvalue weighted by atomic mass is 32.2. The van der Waals surface area contributed by atoms with Crippen molar-refractivity contribution in [1.82, 2.24) is 5.32 Å². The molecule has 1 atom stereocenters. The van der Waals surface area contributed by atoms with E-state index in [0.717, 1.165) is 11.8 Å². The van der Waals surface area contributed by atoms with Crippen LogP contribution in [0, 0.1) is 0 Å². The van der Waals surface area contributed by atoms with Gasteiger partial charge in [-0.05, 0) is 19.1 Å². The second-order valence-electron chi connectivity index (χ2n) is 3.38. The van der Waals surface area contributed by atoms with Crippen LogP contribution in [-0.4, -0.2) is 33.9 Å². The summed E-state index contributed by atoms with van der Waals surface area (Å²) in [5.74, 6) is -1.29. The van der Waals surface area contributed by atoms with Gasteiger partial charge >= 0.3 is 5.97 Å². The van der Waals surface area contributed by atoms with E-state index >= 15 is 0 Å². The number of nitrogens with one attached hydrogen (secondary N) is 1. The van der Waals surface area contributed by atoms with E-state index in [1.807, 2.05) is 0 Å². The van der Waals surface area contributed by atoms with Crippen LogP contribution in [0.5, 0.6) is 5.75 Å². The van der Waals surface area contributed by atoms with Crippen molar-refractivity contribution in [3.05, 3.63) is 24.3 Å². The molecule has 0 saturated carbocycles. The fourth-order valence-electron chi connectivity index (χ4n) is 1.07. The summed E-state index contributed by atoms with van der Waals surface area (Å²) in [7, 11) is 0. The lowest BCUT2D eigenvalue weighted by Crippen LogP contribution is -2.39. The Hall–Kier alpha value is -1.69. The van der Waals surface area contributed by atoms with Crippen molar-refractivity contribution in [1.29, 1.82) is 0 Å². The number of benzene rings is 1. The van der Waals surface area contributed by atoms with Crippen molar-refractivity contribution in [3.63, 3.8) is 0 Å². The van der Waals surface area contributed by atoms with Gasteiger partial charge in [-0.25, -0.2) is 0 Å². The zero-order chi connectivity index (χ0) is 12.8. The van der Waals surface area contributed by atoms with Crippen molar-refractivity contribution in [3.8, 4) is 5.75 Å². The molecule has 0 bridgehead atoms. The monoisotopic (exact) mass is 255 g/mol. The first-order valence-electron chi connectivity index (χ1n) is 4.93. The second-order valence-corrected chi connectivity index (χ2v) is 4.40. The Morgan fingerprint density at radius 2 is 2.06 bits per heavy atom. The van der Waals surface area contributed by atoms with Crippen molar-refractivity contribution in [2.45, 2.75) is 17.9 Å². The highest BCUT2D eigenvalue weighted by Crippen LogP contribution is 2.27. The number of hydrogen-bond acceptors (Lipinski definition) is 4. The number of carbonyl (C=O) groups is 2. The fourth-order valence-corrected chi connectivity index (χ4v) is 1.83. The van der Waals surface area contributed by atoms with Gasteiger partial charge in [-0.3, -0.25) is 9.59 Å².